The number of methoxy groups -OCH3 is 1. The molecule has 7 nitrogen and oxygen atoms in total. The number of phenolic OH excluding ortho intramolecular Hbond substituents is 1. The monoisotopic (exact) mass is 484 g/mol. The summed E-state index contributed by atoms with van der Waals surface area (Å²) in [5.74, 6) is 1.25. The van der Waals surface area contributed by atoms with Crippen LogP contribution in [-0.4, -0.2) is 70.6 Å². The van der Waals surface area contributed by atoms with E-state index < -0.39 is 0 Å². The van der Waals surface area contributed by atoms with Crippen molar-refractivity contribution in [1.82, 2.24) is 19.8 Å². The quantitative estimate of drug-likeness (QED) is 0.401. The van der Waals surface area contributed by atoms with E-state index in [0.717, 1.165) is 58.7 Å². The maximum Gasteiger partial charge on any atom is 0.257 e. The number of H-pyrrole nitrogens is 1. The van der Waals surface area contributed by atoms with E-state index in [0.29, 0.717) is 24.6 Å². The average Bonchev–Trinajstić information content (AvgIpc) is 3.32. The molecular weight excluding hydrogens is 452 g/mol. The van der Waals surface area contributed by atoms with Crippen LogP contribution < -0.4 is 4.74 Å². The summed E-state index contributed by atoms with van der Waals surface area (Å²) in [6.45, 7) is 8.48. The fourth-order valence-electron chi connectivity index (χ4n) is 4.96. The number of fused-ring (bicyclic) bond motifs is 1. The summed E-state index contributed by atoms with van der Waals surface area (Å²) >= 11 is 0. The van der Waals surface area contributed by atoms with Gasteiger partial charge in [0.15, 0.2) is 0 Å². The van der Waals surface area contributed by atoms with Gasteiger partial charge in [0.25, 0.3) is 5.91 Å². The predicted octanol–water partition coefficient (Wildman–Crippen LogP) is 5.02. The Bertz CT molecular complexity index is 1390. The van der Waals surface area contributed by atoms with Gasteiger partial charge in [0.1, 0.15) is 17.1 Å². The molecule has 2 aromatic heterocycles. The Morgan fingerprint density at radius 2 is 1.83 bits per heavy atom. The molecule has 186 valence electrons. The van der Waals surface area contributed by atoms with Gasteiger partial charge in [-0.3, -0.25) is 9.69 Å². The van der Waals surface area contributed by atoms with E-state index in [1.165, 1.54) is 0 Å². The number of nitrogens with zero attached hydrogens (tertiary/aromatic N) is 3. The van der Waals surface area contributed by atoms with E-state index in [1.54, 1.807) is 25.4 Å². The lowest BCUT2D eigenvalue weighted by Gasteiger charge is -2.35. The number of nitrogens with one attached hydrogen (secondary N) is 1. The summed E-state index contributed by atoms with van der Waals surface area (Å²) in [6, 6.07) is 15.1. The number of rotatable bonds is 6. The summed E-state index contributed by atoms with van der Waals surface area (Å²) in [5.41, 5.74) is 4.76. The van der Waals surface area contributed by atoms with Gasteiger partial charge in [0.2, 0.25) is 0 Å². The number of amides is 1. The van der Waals surface area contributed by atoms with Gasteiger partial charge in [-0.25, -0.2) is 4.98 Å². The predicted molar refractivity (Wildman–Crippen MR) is 142 cm³/mol. The number of hydrogen-bond donors (Lipinski definition) is 2. The number of benzene rings is 2. The molecule has 7 heteroatoms. The van der Waals surface area contributed by atoms with Crippen molar-refractivity contribution in [3.63, 3.8) is 0 Å². The zero-order valence-electron chi connectivity index (χ0n) is 21.0. The molecule has 0 saturated carbocycles. The second-order valence-electron chi connectivity index (χ2n) is 9.74. The lowest BCUT2D eigenvalue weighted by Crippen LogP contribution is -2.49. The standard InChI is InChI=1S/C29H32N4O3/c1-19(2)18-32-10-12-33(13-11-32)29(35)24-14-20(8-9-26(24)34)21-15-23-25(17-31-28(23)30-16-21)22-6-4-5-7-27(22)36-3/h4-9,14-17,19,34H,10-13,18H2,1-3H3,(H,30,31). The number of ether oxygens (including phenoxy) is 1. The number of pyridine rings is 1. The van der Waals surface area contributed by atoms with Crippen LogP contribution >= 0.6 is 0 Å². The van der Waals surface area contributed by atoms with Crippen LogP contribution in [0, 0.1) is 5.92 Å². The average molecular weight is 485 g/mol. The van der Waals surface area contributed by atoms with E-state index in [9.17, 15) is 9.90 Å². The number of piperazine rings is 1. The fourth-order valence-corrected chi connectivity index (χ4v) is 4.96. The first-order valence-corrected chi connectivity index (χ1v) is 12.4. The highest BCUT2D eigenvalue weighted by Crippen LogP contribution is 2.36. The highest BCUT2D eigenvalue weighted by Gasteiger charge is 2.25. The molecule has 5 rings (SSSR count). The molecule has 1 fully saturated rings. The molecule has 0 unspecified atom stereocenters. The molecule has 3 heterocycles. The summed E-state index contributed by atoms with van der Waals surface area (Å²) in [7, 11) is 1.66. The molecule has 0 aliphatic carbocycles. The maximum absolute atomic E-state index is 13.3. The Kier molecular flexibility index (Phi) is 6.65. The van der Waals surface area contributed by atoms with E-state index in [2.05, 4.69) is 34.8 Å². The van der Waals surface area contributed by atoms with Crippen LogP contribution in [0.4, 0.5) is 0 Å². The highest BCUT2D eigenvalue weighted by molar-refractivity contribution is 6.00. The topological polar surface area (TPSA) is 81.7 Å². The second-order valence-corrected chi connectivity index (χ2v) is 9.74. The summed E-state index contributed by atoms with van der Waals surface area (Å²) in [5, 5.41) is 11.5. The number of carbonyl (C=O) groups is 1. The van der Waals surface area contributed by atoms with Gasteiger partial charge in [0, 0.05) is 67.2 Å². The molecule has 0 atom stereocenters. The zero-order valence-corrected chi connectivity index (χ0v) is 21.0. The molecule has 2 aromatic carbocycles. The van der Waals surface area contributed by atoms with Crippen molar-refractivity contribution in [3.8, 4) is 33.8 Å². The number of aromatic amines is 1. The summed E-state index contributed by atoms with van der Waals surface area (Å²) < 4.78 is 5.56. The molecule has 4 aromatic rings. The van der Waals surface area contributed by atoms with Crippen molar-refractivity contribution in [3.05, 3.63) is 66.5 Å². The van der Waals surface area contributed by atoms with Gasteiger partial charge in [-0.15, -0.1) is 0 Å². The Balaban J connectivity index is 1.44. The van der Waals surface area contributed by atoms with Gasteiger partial charge >= 0.3 is 0 Å². The van der Waals surface area contributed by atoms with Crippen LogP contribution in [0.1, 0.15) is 24.2 Å². The third-order valence-corrected chi connectivity index (χ3v) is 6.77. The van der Waals surface area contributed by atoms with Crippen LogP contribution in [0.15, 0.2) is 60.9 Å². The third-order valence-electron chi connectivity index (χ3n) is 6.77. The lowest BCUT2D eigenvalue weighted by atomic mass is 9.99. The van der Waals surface area contributed by atoms with Crippen LogP contribution in [0.2, 0.25) is 0 Å². The molecule has 0 radical (unpaired) electrons. The van der Waals surface area contributed by atoms with Crippen LogP contribution in [0.25, 0.3) is 33.3 Å². The molecule has 0 bridgehead atoms. The number of para-hydroxylation sites is 1. The van der Waals surface area contributed by atoms with E-state index >= 15 is 0 Å². The number of aromatic nitrogens is 2. The van der Waals surface area contributed by atoms with Gasteiger partial charge in [0.05, 0.1) is 12.7 Å². The Morgan fingerprint density at radius 3 is 2.58 bits per heavy atom. The molecule has 1 aliphatic rings. The van der Waals surface area contributed by atoms with Crippen LogP contribution in [0.3, 0.4) is 0 Å². The smallest absolute Gasteiger partial charge is 0.257 e. The van der Waals surface area contributed by atoms with Crippen LogP contribution in [-0.2, 0) is 0 Å². The van der Waals surface area contributed by atoms with Crippen molar-refractivity contribution in [2.75, 3.05) is 39.8 Å². The highest BCUT2D eigenvalue weighted by atomic mass is 16.5. The van der Waals surface area contributed by atoms with Crippen molar-refractivity contribution in [2.24, 2.45) is 5.92 Å². The minimum atomic E-state index is -0.135. The second kappa shape index (κ2) is 10.0. The molecule has 1 amide bonds. The van der Waals surface area contributed by atoms with Crippen molar-refractivity contribution in [1.29, 1.82) is 0 Å². The van der Waals surface area contributed by atoms with Crippen LogP contribution in [0.5, 0.6) is 11.5 Å². The minimum absolute atomic E-state index is 0.00115. The molecular formula is C29H32N4O3. The molecule has 0 spiro atoms. The van der Waals surface area contributed by atoms with E-state index in [4.69, 9.17) is 4.74 Å². The Morgan fingerprint density at radius 1 is 1.06 bits per heavy atom. The zero-order chi connectivity index (χ0) is 25.2. The number of carbonyl (C=O) groups excluding carboxylic acids is 1. The SMILES string of the molecule is COc1ccccc1-c1c[nH]c2ncc(-c3ccc(O)c(C(=O)N4CCN(CC(C)C)CC4)c3)cc12. The largest absolute Gasteiger partial charge is 0.507 e. The van der Waals surface area contributed by atoms with Gasteiger partial charge in [-0.2, -0.15) is 0 Å². The maximum atomic E-state index is 13.3. The molecule has 1 aliphatic heterocycles. The number of aromatic hydroxyl groups is 1. The van der Waals surface area contributed by atoms with Gasteiger partial charge in [-0.05, 0) is 35.7 Å². The van der Waals surface area contributed by atoms with Crippen molar-refractivity contribution < 1.29 is 14.6 Å². The Labute approximate surface area is 211 Å². The first kappa shape index (κ1) is 23.9. The summed E-state index contributed by atoms with van der Waals surface area (Å²) in [4.78, 5) is 25.4. The fraction of sp³-hybridized carbons (Fsp3) is 0.310. The first-order chi connectivity index (χ1) is 17.4. The van der Waals surface area contributed by atoms with E-state index in [-0.39, 0.29) is 11.7 Å². The van der Waals surface area contributed by atoms with Gasteiger partial charge in [-0.1, -0.05) is 38.1 Å². The number of phenols is 1. The Hall–Kier alpha value is -3.84. The summed E-state index contributed by atoms with van der Waals surface area (Å²) in [6.07, 6.45) is 3.72. The lowest BCUT2D eigenvalue weighted by molar-refractivity contribution is 0.0621. The molecule has 2 N–H and O–H groups in total. The normalized spacial score (nSPS) is 14.5. The third kappa shape index (κ3) is 4.66. The van der Waals surface area contributed by atoms with Crippen molar-refractivity contribution >= 4 is 16.9 Å². The van der Waals surface area contributed by atoms with Crippen molar-refractivity contribution in [2.45, 2.75) is 13.8 Å². The number of hydrogen-bond acceptors (Lipinski definition) is 5. The minimum Gasteiger partial charge on any atom is -0.507 e. The van der Waals surface area contributed by atoms with Gasteiger partial charge < -0.3 is 19.7 Å². The molecule has 36 heavy (non-hydrogen) atoms. The molecule has 1 saturated heterocycles. The van der Waals surface area contributed by atoms with E-state index in [1.807, 2.05) is 41.4 Å². The first-order valence-electron chi connectivity index (χ1n) is 12.4.